The summed E-state index contributed by atoms with van der Waals surface area (Å²) in [6, 6.07) is 8.51. The number of rotatable bonds is 6. The Labute approximate surface area is 123 Å². The van der Waals surface area contributed by atoms with E-state index in [4.69, 9.17) is 0 Å². The summed E-state index contributed by atoms with van der Waals surface area (Å²) in [5.41, 5.74) is 2.94. The van der Waals surface area contributed by atoms with Crippen LogP contribution in [0.15, 0.2) is 42.9 Å². The van der Waals surface area contributed by atoms with Crippen LogP contribution in [0.25, 0.3) is 0 Å². The topological polar surface area (TPSA) is 54.9 Å². The number of aromatic nitrogens is 2. The van der Waals surface area contributed by atoms with Crippen LogP contribution in [0.2, 0.25) is 0 Å². The Kier molecular flexibility index (Phi) is 5.55. The van der Waals surface area contributed by atoms with Gasteiger partial charge in [0.2, 0.25) is 0 Å². The van der Waals surface area contributed by atoms with E-state index in [2.05, 4.69) is 46.5 Å². The van der Waals surface area contributed by atoms with Gasteiger partial charge in [-0.05, 0) is 12.5 Å². The highest BCUT2D eigenvalue weighted by molar-refractivity contribution is 7.98. The van der Waals surface area contributed by atoms with Crippen molar-refractivity contribution in [2.45, 2.75) is 12.7 Å². The zero-order valence-corrected chi connectivity index (χ0v) is 12.2. The predicted octanol–water partition coefficient (Wildman–Crippen LogP) is 2.45. The molecule has 0 fully saturated rings. The largest absolute Gasteiger partial charge is 0.350 e. The number of hydrogen-bond donors (Lipinski definition) is 1. The van der Waals surface area contributed by atoms with E-state index in [0.717, 1.165) is 11.5 Å². The lowest BCUT2D eigenvalue weighted by atomic mass is 10.2. The minimum atomic E-state index is -0.172. The number of nitrogens with one attached hydrogen (secondary N) is 1. The van der Waals surface area contributed by atoms with Gasteiger partial charge in [0.05, 0.1) is 6.20 Å². The second-order valence-corrected chi connectivity index (χ2v) is 5.49. The Morgan fingerprint density at radius 1 is 1.25 bits per heavy atom. The van der Waals surface area contributed by atoms with Gasteiger partial charge in [-0.3, -0.25) is 9.78 Å². The summed E-state index contributed by atoms with van der Waals surface area (Å²) in [6.45, 7) is 2.71. The summed E-state index contributed by atoms with van der Waals surface area (Å²) in [6.07, 6.45) is 4.53. The van der Waals surface area contributed by atoms with Crippen molar-refractivity contribution in [3.63, 3.8) is 0 Å². The molecule has 1 N–H and O–H groups in total. The van der Waals surface area contributed by atoms with Crippen LogP contribution < -0.4 is 5.32 Å². The molecule has 20 heavy (non-hydrogen) atoms. The number of benzene rings is 1. The Bertz CT molecular complexity index is 543. The molecule has 2 aromatic rings. The summed E-state index contributed by atoms with van der Waals surface area (Å²) in [7, 11) is 0. The van der Waals surface area contributed by atoms with E-state index in [1.807, 2.05) is 0 Å². The van der Waals surface area contributed by atoms with Crippen LogP contribution in [0, 0.1) is 6.92 Å². The first-order valence-electron chi connectivity index (χ1n) is 6.43. The first kappa shape index (κ1) is 14.5. The molecule has 0 bridgehead atoms. The van der Waals surface area contributed by atoms with Crippen molar-refractivity contribution >= 4 is 17.7 Å². The third kappa shape index (κ3) is 4.66. The van der Waals surface area contributed by atoms with Crippen molar-refractivity contribution in [3.05, 3.63) is 59.7 Å². The number of carbonyl (C=O) groups excluding carboxylic acids is 1. The molecule has 0 saturated carbocycles. The predicted molar refractivity (Wildman–Crippen MR) is 81.7 cm³/mol. The molecule has 1 heterocycles. The van der Waals surface area contributed by atoms with E-state index in [1.54, 1.807) is 18.0 Å². The van der Waals surface area contributed by atoms with E-state index < -0.39 is 0 Å². The molecule has 4 nitrogen and oxygen atoms in total. The number of carbonyl (C=O) groups is 1. The van der Waals surface area contributed by atoms with E-state index in [1.165, 1.54) is 23.5 Å². The van der Waals surface area contributed by atoms with Crippen LogP contribution in [0.1, 0.15) is 21.6 Å². The lowest BCUT2D eigenvalue weighted by Gasteiger charge is -2.05. The summed E-state index contributed by atoms with van der Waals surface area (Å²) in [5.74, 6) is 1.66. The Morgan fingerprint density at radius 2 is 2.05 bits per heavy atom. The molecule has 1 aromatic heterocycles. The van der Waals surface area contributed by atoms with Gasteiger partial charge in [-0.2, -0.15) is 11.8 Å². The van der Waals surface area contributed by atoms with Crippen LogP contribution in [-0.2, 0) is 5.75 Å². The molecule has 0 unspecified atom stereocenters. The van der Waals surface area contributed by atoms with Crippen LogP contribution >= 0.6 is 11.8 Å². The number of hydrogen-bond acceptors (Lipinski definition) is 4. The fraction of sp³-hybridized carbons (Fsp3) is 0.267. The maximum absolute atomic E-state index is 11.7. The second kappa shape index (κ2) is 7.65. The van der Waals surface area contributed by atoms with Crippen molar-refractivity contribution in [2.24, 2.45) is 0 Å². The zero-order valence-electron chi connectivity index (χ0n) is 11.4. The minimum absolute atomic E-state index is 0.172. The lowest BCUT2D eigenvalue weighted by Crippen LogP contribution is -2.26. The Morgan fingerprint density at radius 3 is 2.75 bits per heavy atom. The first-order chi connectivity index (χ1) is 9.75. The number of nitrogens with zero attached hydrogens (tertiary/aromatic N) is 2. The molecule has 104 valence electrons. The average Bonchev–Trinajstić information content (AvgIpc) is 2.49. The summed E-state index contributed by atoms with van der Waals surface area (Å²) >= 11 is 1.80. The zero-order chi connectivity index (χ0) is 14.2. The standard InChI is InChI=1S/C15H17N3OS/c1-12-2-4-13(5-3-12)11-20-9-8-18-15(19)14-10-16-6-7-17-14/h2-7,10H,8-9,11H2,1H3,(H,18,19). The van der Waals surface area contributed by atoms with Gasteiger partial charge in [0, 0.05) is 30.4 Å². The summed E-state index contributed by atoms with van der Waals surface area (Å²) < 4.78 is 0. The summed E-state index contributed by atoms with van der Waals surface area (Å²) in [4.78, 5) is 19.5. The van der Waals surface area contributed by atoms with Gasteiger partial charge in [-0.25, -0.2) is 4.98 Å². The van der Waals surface area contributed by atoms with E-state index in [0.29, 0.717) is 12.2 Å². The molecule has 0 aliphatic rings. The summed E-state index contributed by atoms with van der Waals surface area (Å²) in [5, 5.41) is 2.83. The van der Waals surface area contributed by atoms with E-state index in [-0.39, 0.29) is 5.91 Å². The molecule has 0 radical (unpaired) electrons. The SMILES string of the molecule is Cc1ccc(CSCCNC(=O)c2cnccn2)cc1. The molecule has 0 aliphatic carbocycles. The van der Waals surface area contributed by atoms with Gasteiger partial charge in [0.1, 0.15) is 5.69 Å². The highest BCUT2D eigenvalue weighted by atomic mass is 32.2. The van der Waals surface area contributed by atoms with Crippen LogP contribution in [0.4, 0.5) is 0 Å². The molecule has 0 saturated heterocycles. The Hall–Kier alpha value is -1.88. The van der Waals surface area contributed by atoms with Gasteiger partial charge < -0.3 is 5.32 Å². The fourth-order valence-electron chi connectivity index (χ4n) is 1.62. The molecular weight excluding hydrogens is 270 g/mol. The lowest BCUT2D eigenvalue weighted by molar-refractivity contribution is 0.0951. The normalized spacial score (nSPS) is 10.2. The number of thioether (sulfide) groups is 1. The second-order valence-electron chi connectivity index (χ2n) is 4.38. The van der Waals surface area contributed by atoms with Crippen LogP contribution in [0.3, 0.4) is 0 Å². The monoisotopic (exact) mass is 287 g/mol. The van der Waals surface area contributed by atoms with Gasteiger partial charge in [-0.1, -0.05) is 29.8 Å². The third-order valence-electron chi connectivity index (χ3n) is 2.72. The van der Waals surface area contributed by atoms with Crippen molar-refractivity contribution in [1.82, 2.24) is 15.3 Å². The van der Waals surface area contributed by atoms with Gasteiger partial charge in [0.25, 0.3) is 5.91 Å². The highest BCUT2D eigenvalue weighted by Crippen LogP contribution is 2.12. The molecule has 0 aliphatic heterocycles. The maximum atomic E-state index is 11.7. The van der Waals surface area contributed by atoms with Gasteiger partial charge in [0.15, 0.2) is 0 Å². The first-order valence-corrected chi connectivity index (χ1v) is 7.58. The number of amides is 1. The fourth-order valence-corrected chi connectivity index (χ4v) is 2.44. The molecular formula is C15H17N3OS. The average molecular weight is 287 g/mol. The van der Waals surface area contributed by atoms with Crippen molar-refractivity contribution in [3.8, 4) is 0 Å². The molecule has 0 spiro atoms. The smallest absolute Gasteiger partial charge is 0.271 e. The van der Waals surface area contributed by atoms with E-state index in [9.17, 15) is 4.79 Å². The third-order valence-corrected chi connectivity index (χ3v) is 3.75. The molecule has 5 heteroatoms. The molecule has 0 atom stereocenters. The van der Waals surface area contributed by atoms with E-state index >= 15 is 0 Å². The Balaban J connectivity index is 1.64. The van der Waals surface area contributed by atoms with Gasteiger partial charge >= 0.3 is 0 Å². The molecule has 2 rings (SSSR count). The van der Waals surface area contributed by atoms with Gasteiger partial charge in [-0.15, -0.1) is 0 Å². The molecule has 1 aromatic carbocycles. The molecule has 1 amide bonds. The van der Waals surface area contributed by atoms with Crippen molar-refractivity contribution in [1.29, 1.82) is 0 Å². The van der Waals surface area contributed by atoms with Crippen molar-refractivity contribution in [2.75, 3.05) is 12.3 Å². The highest BCUT2D eigenvalue weighted by Gasteiger charge is 2.05. The maximum Gasteiger partial charge on any atom is 0.271 e. The van der Waals surface area contributed by atoms with Crippen LogP contribution in [0.5, 0.6) is 0 Å². The quantitative estimate of drug-likeness (QED) is 0.829. The van der Waals surface area contributed by atoms with Crippen molar-refractivity contribution < 1.29 is 4.79 Å². The number of aryl methyl sites for hydroxylation is 1. The van der Waals surface area contributed by atoms with Crippen LogP contribution in [-0.4, -0.2) is 28.2 Å². The minimum Gasteiger partial charge on any atom is -0.350 e.